The molecule has 1 amide bonds. The van der Waals surface area contributed by atoms with Crippen molar-refractivity contribution in [3.63, 3.8) is 0 Å². The number of benzene rings is 1. The molecule has 1 aromatic carbocycles. The van der Waals surface area contributed by atoms with Gasteiger partial charge in [-0.25, -0.2) is 4.39 Å². The summed E-state index contributed by atoms with van der Waals surface area (Å²) in [5.74, 6) is -0.935. The number of aryl methyl sites for hydroxylation is 1. The SMILES string of the molecule is Cc1ccc(C(=O)NCC2COCCO2)c(F)c1. The Morgan fingerprint density at radius 3 is 3.00 bits per heavy atom. The lowest BCUT2D eigenvalue weighted by atomic mass is 10.1. The number of amides is 1. The van der Waals surface area contributed by atoms with Gasteiger partial charge in [-0.15, -0.1) is 0 Å². The number of hydrogen-bond acceptors (Lipinski definition) is 3. The van der Waals surface area contributed by atoms with Gasteiger partial charge in [0.1, 0.15) is 5.82 Å². The molecule has 1 heterocycles. The molecule has 1 fully saturated rings. The van der Waals surface area contributed by atoms with E-state index in [1.165, 1.54) is 12.1 Å². The quantitative estimate of drug-likeness (QED) is 0.882. The lowest BCUT2D eigenvalue weighted by molar-refractivity contribution is -0.0855. The smallest absolute Gasteiger partial charge is 0.254 e. The molecule has 1 unspecified atom stereocenters. The normalized spacial score (nSPS) is 19.6. The monoisotopic (exact) mass is 253 g/mol. The molecule has 2 rings (SSSR count). The van der Waals surface area contributed by atoms with Crippen molar-refractivity contribution >= 4 is 5.91 Å². The van der Waals surface area contributed by atoms with Crippen molar-refractivity contribution in [1.82, 2.24) is 5.32 Å². The first-order valence-corrected chi connectivity index (χ1v) is 5.90. The second-order valence-corrected chi connectivity index (χ2v) is 4.26. The minimum absolute atomic E-state index is 0.0531. The molecule has 18 heavy (non-hydrogen) atoms. The molecule has 1 saturated heterocycles. The molecule has 1 aromatic rings. The molecule has 98 valence electrons. The molecule has 0 aromatic heterocycles. The fourth-order valence-electron chi connectivity index (χ4n) is 1.76. The van der Waals surface area contributed by atoms with Crippen molar-refractivity contribution in [3.8, 4) is 0 Å². The van der Waals surface area contributed by atoms with Gasteiger partial charge in [0.2, 0.25) is 0 Å². The average Bonchev–Trinajstić information content (AvgIpc) is 2.37. The first-order valence-electron chi connectivity index (χ1n) is 5.90. The summed E-state index contributed by atoms with van der Waals surface area (Å²) in [4.78, 5) is 11.8. The van der Waals surface area contributed by atoms with Gasteiger partial charge in [-0.3, -0.25) is 4.79 Å². The van der Waals surface area contributed by atoms with E-state index in [1.54, 1.807) is 13.0 Å². The van der Waals surface area contributed by atoms with Crippen LogP contribution in [0.15, 0.2) is 18.2 Å². The van der Waals surface area contributed by atoms with E-state index in [1.807, 2.05) is 0 Å². The maximum absolute atomic E-state index is 13.5. The molecular formula is C13H16FNO3. The van der Waals surface area contributed by atoms with Gasteiger partial charge < -0.3 is 14.8 Å². The largest absolute Gasteiger partial charge is 0.376 e. The predicted molar refractivity (Wildman–Crippen MR) is 64.0 cm³/mol. The third-order valence-corrected chi connectivity index (χ3v) is 2.74. The molecule has 0 radical (unpaired) electrons. The Morgan fingerprint density at radius 2 is 2.33 bits per heavy atom. The van der Waals surface area contributed by atoms with Crippen LogP contribution >= 0.6 is 0 Å². The minimum atomic E-state index is -0.506. The van der Waals surface area contributed by atoms with Gasteiger partial charge in [-0.05, 0) is 24.6 Å². The minimum Gasteiger partial charge on any atom is -0.376 e. The fourth-order valence-corrected chi connectivity index (χ4v) is 1.76. The molecule has 1 atom stereocenters. The van der Waals surface area contributed by atoms with Crippen molar-refractivity contribution in [3.05, 3.63) is 35.1 Å². The number of ether oxygens (including phenoxy) is 2. The van der Waals surface area contributed by atoms with Crippen LogP contribution < -0.4 is 5.32 Å². The average molecular weight is 253 g/mol. The standard InChI is InChI=1S/C13H16FNO3/c1-9-2-3-11(12(14)6-9)13(16)15-7-10-8-17-4-5-18-10/h2-3,6,10H,4-5,7-8H2,1H3,(H,15,16). The highest BCUT2D eigenvalue weighted by Crippen LogP contribution is 2.09. The van der Waals surface area contributed by atoms with Gasteiger partial charge in [-0.1, -0.05) is 6.07 Å². The Kier molecular flexibility index (Phi) is 4.28. The summed E-state index contributed by atoms with van der Waals surface area (Å²) >= 11 is 0. The number of nitrogens with one attached hydrogen (secondary N) is 1. The number of hydrogen-bond donors (Lipinski definition) is 1. The molecule has 1 N–H and O–H groups in total. The lowest BCUT2D eigenvalue weighted by Gasteiger charge is -2.23. The maximum atomic E-state index is 13.5. The van der Waals surface area contributed by atoms with Gasteiger partial charge in [-0.2, -0.15) is 0 Å². The second kappa shape index (κ2) is 5.93. The Labute approximate surface area is 105 Å². The molecule has 1 aliphatic rings. The Morgan fingerprint density at radius 1 is 1.50 bits per heavy atom. The zero-order chi connectivity index (χ0) is 13.0. The van der Waals surface area contributed by atoms with Crippen LogP contribution in [0.1, 0.15) is 15.9 Å². The first kappa shape index (κ1) is 13.0. The molecular weight excluding hydrogens is 237 g/mol. The van der Waals surface area contributed by atoms with E-state index in [2.05, 4.69) is 5.32 Å². The Bertz CT molecular complexity index is 430. The van der Waals surface area contributed by atoms with E-state index < -0.39 is 11.7 Å². The van der Waals surface area contributed by atoms with E-state index in [0.717, 1.165) is 5.56 Å². The maximum Gasteiger partial charge on any atom is 0.254 e. The molecule has 0 saturated carbocycles. The van der Waals surface area contributed by atoms with E-state index >= 15 is 0 Å². The van der Waals surface area contributed by atoms with Crippen LogP contribution in [0.5, 0.6) is 0 Å². The number of rotatable bonds is 3. The van der Waals surface area contributed by atoms with Crippen LogP contribution in [0, 0.1) is 12.7 Å². The van der Waals surface area contributed by atoms with Crippen LogP contribution in [0.4, 0.5) is 4.39 Å². The molecule has 1 aliphatic heterocycles. The summed E-state index contributed by atoms with van der Waals surface area (Å²) in [6, 6.07) is 4.53. The summed E-state index contributed by atoms with van der Waals surface area (Å²) < 4.78 is 24.1. The second-order valence-electron chi connectivity index (χ2n) is 4.26. The number of carbonyl (C=O) groups is 1. The van der Waals surface area contributed by atoms with Crippen LogP contribution in [-0.2, 0) is 9.47 Å². The van der Waals surface area contributed by atoms with Crippen molar-refractivity contribution in [2.75, 3.05) is 26.4 Å². The highest BCUT2D eigenvalue weighted by molar-refractivity contribution is 5.94. The number of halogens is 1. The van der Waals surface area contributed by atoms with E-state index in [-0.39, 0.29) is 11.7 Å². The van der Waals surface area contributed by atoms with Crippen LogP contribution in [0.25, 0.3) is 0 Å². The van der Waals surface area contributed by atoms with Crippen molar-refractivity contribution in [2.45, 2.75) is 13.0 Å². The third kappa shape index (κ3) is 3.27. The number of carbonyl (C=O) groups excluding carboxylic acids is 1. The molecule has 0 bridgehead atoms. The van der Waals surface area contributed by atoms with Gasteiger partial charge in [0, 0.05) is 6.54 Å². The van der Waals surface area contributed by atoms with Crippen LogP contribution in [-0.4, -0.2) is 38.4 Å². The van der Waals surface area contributed by atoms with E-state index in [9.17, 15) is 9.18 Å². The summed E-state index contributed by atoms with van der Waals surface area (Å²) in [5.41, 5.74) is 0.838. The van der Waals surface area contributed by atoms with Crippen molar-refractivity contribution in [1.29, 1.82) is 0 Å². The zero-order valence-electron chi connectivity index (χ0n) is 10.2. The van der Waals surface area contributed by atoms with Crippen molar-refractivity contribution < 1.29 is 18.7 Å². The highest BCUT2D eigenvalue weighted by atomic mass is 19.1. The molecule has 0 aliphatic carbocycles. The van der Waals surface area contributed by atoms with Crippen molar-refractivity contribution in [2.24, 2.45) is 0 Å². The van der Waals surface area contributed by atoms with Crippen LogP contribution in [0.2, 0.25) is 0 Å². The fraction of sp³-hybridized carbons (Fsp3) is 0.462. The Hall–Kier alpha value is -1.46. The summed E-state index contributed by atoms with van der Waals surface area (Å²) in [7, 11) is 0. The predicted octanol–water partition coefficient (Wildman–Crippen LogP) is 1.28. The first-order chi connectivity index (χ1) is 8.66. The zero-order valence-corrected chi connectivity index (χ0v) is 10.2. The summed E-state index contributed by atoms with van der Waals surface area (Å²) in [6.45, 7) is 3.66. The topological polar surface area (TPSA) is 47.6 Å². The third-order valence-electron chi connectivity index (χ3n) is 2.74. The van der Waals surface area contributed by atoms with Gasteiger partial charge in [0.05, 0.1) is 31.5 Å². The van der Waals surface area contributed by atoms with Gasteiger partial charge >= 0.3 is 0 Å². The molecule has 5 heteroatoms. The molecule has 4 nitrogen and oxygen atoms in total. The van der Waals surface area contributed by atoms with Gasteiger partial charge in [0.15, 0.2) is 0 Å². The Balaban J connectivity index is 1.90. The van der Waals surface area contributed by atoms with E-state index in [4.69, 9.17) is 9.47 Å². The summed E-state index contributed by atoms with van der Waals surface area (Å²) in [5, 5.41) is 2.65. The molecule has 0 spiro atoms. The highest BCUT2D eigenvalue weighted by Gasteiger charge is 2.17. The van der Waals surface area contributed by atoms with Gasteiger partial charge in [0.25, 0.3) is 5.91 Å². The summed E-state index contributed by atoms with van der Waals surface area (Å²) in [6.07, 6.45) is -0.156. The van der Waals surface area contributed by atoms with Crippen LogP contribution in [0.3, 0.4) is 0 Å². The lowest BCUT2D eigenvalue weighted by Crippen LogP contribution is -2.39. The van der Waals surface area contributed by atoms with E-state index in [0.29, 0.717) is 26.4 Å².